The summed E-state index contributed by atoms with van der Waals surface area (Å²) in [6.45, 7) is 15.0. The van der Waals surface area contributed by atoms with Crippen LogP contribution in [0.1, 0.15) is 106 Å². The molecule has 0 heterocycles. The third kappa shape index (κ3) is 3.66. The van der Waals surface area contributed by atoms with Crippen LogP contribution < -0.4 is 0 Å². The lowest BCUT2D eigenvalue weighted by atomic mass is 9.45. The summed E-state index contributed by atoms with van der Waals surface area (Å²) < 4.78 is 0. The van der Waals surface area contributed by atoms with E-state index in [2.05, 4.69) is 47.6 Å². The van der Waals surface area contributed by atoms with Gasteiger partial charge in [0.15, 0.2) is 0 Å². The first kappa shape index (κ1) is 21.9. The van der Waals surface area contributed by atoms with E-state index in [4.69, 9.17) is 0 Å². The van der Waals surface area contributed by atoms with E-state index >= 15 is 0 Å². The molecular weight excluding hydrogens is 352 g/mol. The smallest absolute Gasteiger partial charge is 0.0543 e. The molecule has 0 aliphatic heterocycles. The van der Waals surface area contributed by atoms with Gasteiger partial charge in [0, 0.05) is 0 Å². The average Bonchev–Trinajstić information content (AvgIpc) is 3.03. The van der Waals surface area contributed by atoms with Crippen LogP contribution in [0, 0.1) is 52.3 Å². The number of rotatable bonds is 5. The molecule has 9 atom stereocenters. The standard InChI is InChI=1S/C28H48O/c1-18(2)19(3)7-8-20(4)24-11-12-25-23-10-9-21-17-22(29)13-15-27(21,5)26(23)14-16-28(24,25)6/h12,18-24,26,29H,7-11,13-17H2,1-6H3/t19?,20?,21-,22-,23?,24?,26?,27?,28?/m0/s1. The van der Waals surface area contributed by atoms with E-state index in [0.717, 1.165) is 54.3 Å². The Balaban J connectivity index is 1.47. The normalized spacial score (nSPS) is 46.5. The molecule has 166 valence electrons. The van der Waals surface area contributed by atoms with E-state index < -0.39 is 0 Å². The molecule has 1 nitrogen and oxygen atoms in total. The fraction of sp³-hybridized carbons (Fsp3) is 0.929. The molecule has 0 saturated heterocycles. The zero-order chi connectivity index (χ0) is 21.0. The molecule has 1 heteroatoms. The monoisotopic (exact) mass is 400 g/mol. The number of aliphatic hydroxyl groups excluding tert-OH is 1. The Bertz CT molecular complexity index is 620. The maximum atomic E-state index is 10.3. The molecular formula is C28H48O. The summed E-state index contributed by atoms with van der Waals surface area (Å²) in [6, 6.07) is 0. The molecule has 29 heavy (non-hydrogen) atoms. The molecule has 0 aromatic carbocycles. The van der Waals surface area contributed by atoms with Crippen LogP contribution in [0.2, 0.25) is 0 Å². The molecule has 4 aliphatic rings. The summed E-state index contributed by atoms with van der Waals surface area (Å²) in [5.41, 5.74) is 2.84. The molecule has 7 unspecified atom stereocenters. The molecule has 4 rings (SSSR count). The van der Waals surface area contributed by atoms with E-state index in [9.17, 15) is 5.11 Å². The lowest BCUT2D eigenvalue weighted by molar-refractivity contribution is -0.0860. The van der Waals surface area contributed by atoms with Crippen molar-refractivity contribution in [3.8, 4) is 0 Å². The third-order valence-electron chi connectivity index (χ3n) is 11.0. The van der Waals surface area contributed by atoms with Crippen LogP contribution in [0.3, 0.4) is 0 Å². The van der Waals surface area contributed by atoms with Crippen LogP contribution in [-0.4, -0.2) is 11.2 Å². The Labute approximate surface area is 181 Å². The zero-order valence-electron chi connectivity index (χ0n) is 20.2. The molecule has 1 N–H and O–H groups in total. The van der Waals surface area contributed by atoms with Gasteiger partial charge in [-0.2, -0.15) is 0 Å². The van der Waals surface area contributed by atoms with Crippen LogP contribution in [0.15, 0.2) is 11.6 Å². The van der Waals surface area contributed by atoms with Gasteiger partial charge in [-0.15, -0.1) is 0 Å². The van der Waals surface area contributed by atoms with Crippen LogP contribution in [-0.2, 0) is 0 Å². The lowest BCUT2D eigenvalue weighted by Gasteiger charge is -2.60. The SMILES string of the molecule is CC(C)C(C)CCC(C)C1CC=C2C3CC[C@H]4C[C@@H](O)CCC4(C)C3CCC21C. The van der Waals surface area contributed by atoms with E-state index in [-0.39, 0.29) is 6.10 Å². The maximum absolute atomic E-state index is 10.3. The van der Waals surface area contributed by atoms with Gasteiger partial charge in [0.05, 0.1) is 6.10 Å². The Morgan fingerprint density at radius 3 is 2.48 bits per heavy atom. The van der Waals surface area contributed by atoms with E-state index in [1.54, 1.807) is 0 Å². The Morgan fingerprint density at radius 2 is 1.76 bits per heavy atom. The van der Waals surface area contributed by atoms with Crippen molar-refractivity contribution >= 4 is 0 Å². The summed E-state index contributed by atoms with van der Waals surface area (Å²) in [4.78, 5) is 0. The molecule has 4 aliphatic carbocycles. The van der Waals surface area contributed by atoms with Crippen molar-refractivity contribution in [2.45, 2.75) is 112 Å². The van der Waals surface area contributed by atoms with Crippen molar-refractivity contribution in [2.75, 3.05) is 0 Å². The van der Waals surface area contributed by atoms with Gasteiger partial charge in [0.25, 0.3) is 0 Å². The topological polar surface area (TPSA) is 20.2 Å². The largest absolute Gasteiger partial charge is 0.393 e. The zero-order valence-corrected chi connectivity index (χ0v) is 20.2. The number of aliphatic hydroxyl groups is 1. The average molecular weight is 401 g/mol. The molecule has 0 aromatic heterocycles. The number of allylic oxidation sites excluding steroid dienone is 2. The summed E-state index contributed by atoms with van der Waals surface area (Å²) in [7, 11) is 0. The van der Waals surface area contributed by atoms with Gasteiger partial charge in [0.1, 0.15) is 0 Å². The van der Waals surface area contributed by atoms with Gasteiger partial charge < -0.3 is 5.11 Å². The second kappa shape index (κ2) is 7.99. The maximum Gasteiger partial charge on any atom is 0.0543 e. The van der Waals surface area contributed by atoms with E-state index in [1.807, 2.05) is 5.57 Å². The number of fused-ring (bicyclic) bond motifs is 5. The Morgan fingerprint density at radius 1 is 1.00 bits per heavy atom. The number of hydrogen-bond donors (Lipinski definition) is 1. The fourth-order valence-electron chi connectivity index (χ4n) is 8.52. The second-order valence-corrected chi connectivity index (χ2v) is 12.7. The van der Waals surface area contributed by atoms with Crippen molar-refractivity contribution in [3.05, 3.63) is 11.6 Å². The molecule has 0 radical (unpaired) electrons. The number of hydrogen-bond acceptors (Lipinski definition) is 1. The van der Waals surface area contributed by atoms with Crippen LogP contribution in [0.25, 0.3) is 0 Å². The molecule has 3 fully saturated rings. The van der Waals surface area contributed by atoms with Crippen LogP contribution >= 0.6 is 0 Å². The van der Waals surface area contributed by atoms with Crippen molar-refractivity contribution < 1.29 is 5.11 Å². The highest BCUT2D eigenvalue weighted by Crippen LogP contribution is 2.66. The predicted molar refractivity (Wildman–Crippen MR) is 124 cm³/mol. The molecule has 3 saturated carbocycles. The highest BCUT2D eigenvalue weighted by atomic mass is 16.3. The predicted octanol–water partition coefficient (Wildman–Crippen LogP) is 7.63. The Kier molecular flexibility index (Phi) is 6.04. The minimum absolute atomic E-state index is 0.0253. The molecule has 0 aromatic rings. The minimum atomic E-state index is -0.0253. The first-order valence-electron chi connectivity index (χ1n) is 13.1. The van der Waals surface area contributed by atoms with Gasteiger partial charge in [-0.25, -0.2) is 0 Å². The van der Waals surface area contributed by atoms with Crippen LogP contribution in [0.5, 0.6) is 0 Å². The highest BCUT2D eigenvalue weighted by Gasteiger charge is 2.57. The quantitative estimate of drug-likeness (QED) is 0.470. The Hall–Kier alpha value is -0.300. The summed E-state index contributed by atoms with van der Waals surface area (Å²) in [5, 5.41) is 10.3. The third-order valence-corrected chi connectivity index (χ3v) is 11.0. The van der Waals surface area contributed by atoms with Gasteiger partial charge in [-0.05, 0) is 104 Å². The van der Waals surface area contributed by atoms with Crippen LogP contribution in [0.4, 0.5) is 0 Å². The van der Waals surface area contributed by atoms with Gasteiger partial charge >= 0.3 is 0 Å². The first-order chi connectivity index (χ1) is 13.7. The summed E-state index contributed by atoms with van der Waals surface area (Å²) >= 11 is 0. The summed E-state index contributed by atoms with van der Waals surface area (Å²) in [6.07, 6.45) is 15.8. The highest BCUT2D eigenvalue weighted by molar-refractivity contribution is 5.30. The summed E-state index contributed by atoms with van der Waals surface area (Å²) in [5.74, 6) is 5.88. The lowest BCUT2D eigenvalue weighted by Crippen LogP contribution is -2.52. The molecule has 0 amide bonds. The molecule has 0 bridgehead atoms. The second-order valence-electron chi connectivity index (χ2n) is 12.7. The van der Waals surface area contributed by atoms with Crippen molar-refractivity contribution in [2.24, 2.45) is 52.3 Å². The van der Waals surface area contributed by atoms with Gasteiger partial charge in [0.2, 0.25) is 0 Å². The fourth-order valence-corrected chi connectivity index (χ4v) is 8.52. The van der Waals surface area contributed by atoms with Gasteiger partial charge in [-0.1, -0.05) is 66.0 Å². The minimum Gasteiger partial charge on any atom is -0.393 e. The van der Waals surface area contributed by atoms with Crippen molar-refractivity contribution in [1.29, 1.82) is 0 Å². The van der Waals surface area contributed by atoms with E-state index in [1.165, 1.54) is 51.4 Å². The van der Waals surface area contributed by atoms with Crippen molar-refractivity contribution in [1.82, 2.24) is 0 Å². The van der Waals surface area contributed by atoms with Crippen molar-refractivity contribution in [3.63, 3.8) is 0 Å². The molecule has 0 spiro atoms. The van der Waals surface area contributed by atoms with E-state index in [0.29, 0.717) is 10.8 Å². The first-order valence-corrected chi connectivity index (χ1v) is 13.1. The van der Waals surface area contributed by atoms with Gasteiger partial charge in [-0.3, -0.25) is 0 Å².